The third-order valence-corrected chi connectivity index (χ3v) is 12.2. The minimum absolute atomic E-state index is 0.163. The van der Waals surface area contributed by atoms with Crippen LogP contribution in [0.2, 0.25) is 0 Å². The van der Waals surface area contributed by atoms with E-state index in [2.05, 4.69) is 71.0 Å². The van der Waals surface area contributed by atoms with Crippen molar-refractivity contribution in [3.05, 3.63) is 42.0 Å². The number of benzene rings is 1. The maximum atomic E-state index is 11.9. The Bertz CT molecular complexity index is 907. The van der Waals surface area contributed by atoms with Crippen LogP contribution in [-0.4, -0.2) is 22.4 Å². The second-order valence-electron chi connectivity index (χ2n) is 13.6. The average Bonchev–Trinajstić information content (AvgIpc) is 3.21. The zero-order valence-electron chi connectivity index (χ0n) is 22.9. The average molecular weight is 479 g/mol. The Balaban J connectivity index is 1.37. The van der Waals surface area contributed by atoms with E-state index in [4.69, 9.17) is 0 Å². The van der Waals surface area contributed by atoms with Crippen molar-refractivity contribution in [3.8, 4) is 0 Å². The quantitative estimate of drug-likeness (QED) is 0.454. The van der Waals surface area contributed by atoms with Crippen molar-refractivity contribution in [3.63, 3.8) is 0 Å². The molecule has 0 aromatic heterocycles. The van der Waals surface area contributed by atoms with Gasteiger partial charge in [0, 0.05) is 0 Å². The fourth-order valence-electron chi connectivity index (χ4n) is 10.3. The fraction of sp³-hybridized carbons (Fsp3) is 0.758. The Labute approximate surface area is 214 Å². The standard InChI is InChI=1S/C33H50O2/c1-6-25-29-20-24(34)16-18-33(29,5)28-17-19-32(4)26(14-15-27(32)30(28)31(25)35)22(3)13-12-21(2)23-10-8-7-9-11-23/h7-12,22,24-31,34-35H,6,13-20H2,1-5H3/b21-12-/t22-,24-,25-,26-,27?,28?,29+,30+,31-,32-,33-/m1/s1. The predicted octanol–water partition coefficient (Wildman–Crippen LogP) is 7.74. The van der Waals surface area contributed by atoms with Gasteiger partial charge in [-0.3, -0.25) is 0 Å². The zero-order valence-corrected chi connectivity index (χ0v) is 22.9. The van der Waals surface area contributed by atoms with Crippen molar-refractivity contribution in [2.45, 2.75) is 105 Å². The van der Waals surface area contributed by atoms with Crippen LogP contribution in [0, 0.1) is 52.3 Å². The molecule has 35 heavy (non-hydrogen) atoms. The molecule has 4 saturated carbocycles. The fourth-order valence-corrected chi connectivity index (χ4v) is 10.3. The molecule has 0 heterocycles. The molecule has 0 aliphatic heterocycles. The van der Waals surface area contributed by atoms with Crippen molar-refractivity contribution < 1.29 is 10.2 Å². The number of aliphatic hydroxyl groups excluding tert-OH is 2. The van der Waals surface area contributed by atoms with E-state index in [-0.39, 0.29) is 12.2 Å². The van der Waals surface area contributed by atoms with E-state index in [1.807, 2.05) is 0 Å². The number of fused-ring (bicyclic) bond motifs is 5. The molecular weight excluding hydrogens is 428 g/mol. The first kappa shape index (κ1) is 25.5. The van der Waals surface area contributed by atoms with Crippen LogP contribution in [0.1, 0.15) is 98.0 Å². The van der Waals surface area contributed by atoms with Crippen LogP contribution < -0.4 is 0 Å². The molecule has 4 aliphatic rings. The summed E-state index contributed by atoms with van der Waals surface area (Å²) in [5, 5.41) is 22.4. The number of aliphatic hydroxyl groups is 2. The molecule has 0 radical (unpaired) electrons. The molecular formula is C33H50O2. The van der Waals surface area contributed by atoms with E-state index in [1.54, 1.807) is 0 Å². The first-order valence-corrected chi connectivity index (χ1v) is 14.8. The summed E-state index contributed by atoms with van der Waals surface area (Å²) in [7, 11) is 0. The largest absolute Gasteiger partial charge is 0.393 e. The van der Waals surface area contributed by atoms with Crippen LogP contribution in [0.4, 0.5) is 0 Å². The van der Waals surface area contributed by atoms with Gasteiger partial charge in [-0.25, -0.2) is 0 Å². The normalized spacial score (nSPS) is 46.4. The molecule has 0 saturated heterocycles. The number of rotatable bonds is 5. The molecule has 11 atom stereocenters. The summed E-state index contributed by atoms with van der Waals surface area (Å²) < 4.78 is 0. The van der Waals surface area contributed by atoms with Gasteiger partial charge < -0.3 is 10.2 Å². The van der Waals surface area contributed by atoms with Crippen molar-refractivity contribution in [1.82, 2.24) is 0 Å². The Morgan fingerprint density at radius 3 is 2.37 bits per heavy atom. The van der Waals surface area contributed by atoms with E-state index in [0.717, 1.165) is 38.0 Å². The minimum Gasteiger partial charge on any atom is -0.393 e. The molecule has 0 amide bonds. The van der Waals surface area contributed by atoms with Gasteiger partial charge in [-0.2, -0.15) is 0 Å². The van der Waals surface area contributed by atoms with Crippen LogP contribution >= 0.6 is 0 Å². The van der Waals surface area contributed by atoms with Gasteiger partial charge in [-0.1, -0.05) is 70.5 Å². The van der Waals surface area contributed by atoms with Crippen LogP contribution in [0.3, 0.4) is 0 Å². The van der Waals surface area contributed by atoms with Gasteiger partial charge in [0.05, 0.1) is 12.2 Å². The first-order valence-electron chi connectivity index (χ1n) is 14.8. The summed E-state index contributed by atoms with van der Waals surface area (Å²) in [5.74, 6) is 4.00. The Morgan fingerprint density at radius 2 is 1.66 bits per heavy atom. The summed E-state index contributed by atoms with van der Waals surface area (Å²) >= 11 is 0. The smallest absolute Gasteiger partial charge is 0.0605 e. The molecule has 2 heteroatoms. The lowest BCUT2D eigenvalue weighted by atomic mass is 9.41. The van der Waals surface area contributed by atoms with E-state index < -0.39 is 0 Å². The van der Waals surface area contributed by atoms with E-state index in [9.17, 15) is 10.2 Å². The lowest BCUT2D eigenvalue weighted by molar-refractivity contribution is -0.203. The van der Waals surface area contributed by atoms with Crippen LogP contribution in [-0.2, 0) is 0 Å². The summed E-state index contributed by atoms with van der Waals surface area (Å²) in [6.07, 6.45) is 12.6. The van der Waals surface area contributed by atoms with Gasteiger partial charge >= 0.3 is 0 Å². The SMILES string of the molecule is CC[C@H]1[C@@H](O)[C@H]2C3CC[C@H]([C@H](C)C/C=C(/C)c4ccccc4)[C@@]3(C)CCC2[C@@]2(C)CC[C@@H](O)C[C@@H]12. The molecule has 194 valence electrons. The molecule has 4 aliphatic carbocycles. The van der Waals surface area contributed by atoms with Crippen LogP contribution in [0.15, 0.2) is 36.4 Å². The highest BCUT2D eigenvalue weighted by molar-refractivity contribution is 5.63. The summed E-state index contributed by atoms with van der Waals surface area (Å²) in [6, 6.07) is 10.8. The summed E-state index contributed by atoms with van der Waals surface area (Å²) in [6.45, 7) is 12.2. The molecule has 0 spiro atoms. The number of hydrogen-bond acceptors (Lipinski definition) is 2. The zero-order chi connectivity index (χ0) is 25.0. The molecule has 2 N–H and O–H groups in total. The minimum atomic E-state index is -0.188. The molecule has 5 rings (SSSR count). The maximum Gasteiger partial charge on any atom is 0.0605 e. The molecule has 0 bridgehead atoms. The molecule has 2 unspecified atom stereocenters. The van der Waals surface area contributed by atoms with Crippen LogP contribution in [0.25, 0.3) is 5.57 Å². The van der Waals surface area contributed by atoms with Gasteiger partial charge in [0.25, 0.3) is 0 Å². The van der Waals surface area contributed by atoms with Gasteiger partial charge in [-0.15, -0.1) is 0 Å². The van der Waals surface area contributed by atoms with Crippen LogP contribution in [0.5, 0.6) is 0 Å². The Morgan fingerprint density at radius 1 is 0.971 bits per heavy atom. The highest BCUT2D eigenvalue weighted by Crippen LogP contribution is 2.69. The Kier molecular flexibility index (Phi) is 7.03. The lowest BCUT2D eigenvalue weighted by Crippen LogP contribution is -2.62. The van der Waals surface area contributed by atoms with Crippen molar-refractivity contribution >= 4 is 5.57 Å². The predicted molar refractivity (Wildman–Crippen MR) is 146 cm³/mol. The Hall–Kier alpha value is -1.12. The van der Waals surface area contributed by atoms with Crippen molar-refractivity contribution in [1.29, 1.82) is 0 Å². The van der Waals surface area contributed by atoms with Gasteiger partial charge in [-0.05, 0) is 122 Å². The van der Waals surface area contributed by atoms with E-state index >= 15 is 0 Å². The summed E-state index contributed by atoms with van der Waals surface area (Å²) in [4.78, 5) is 0. The topological polar surface area (TPSA) is 40.5 Å². The highest BCUT2D eigenvalue weighted by atomic mass is 16.3. The van der Waals surface area contributed by atoms with E-state index in [1.165, 1.54) is 36.8 Å². The highest BCUT2D eigenvalue weighted by Gasteiger charge is 2.64. The molecule has 2 nitrogen and oxygen atoms in total. The monoisotopic (exact) mass is 478 g/mol. The number of allylic oxidation sites excluding steroid dienone is 2. The van der Waals surface area contributed by atoms with Gasteiger partial charge in [0.1, 0.15) is 0 Å². The van der Waals surface area contributed by atoms with E-state index in [0.29, 0.717) is 46.3 Å². The van der Waals surface area contributed by atoms with Crippen molar-refractivity contribution in [2.75, 3.05) is 0 Å². The molecule has 4 fully saturated rings. The second-order valence-corrected chi connectivity index (χ2v) is 13.6. The third kappa shape index (κ3) is 4.15. The van der Waals surface area contributed by atoms with Gasteiger partial charge in [0.15, 0.2) is 0 Å². The van der Waals surface area contributed by atoms with Gasteiger partial charge in [0.2, 0.25) is 0 Å². The number of hydrogen-bond donors (Lipinski definition) is 2. The third-order valence-electron chi connectivity index (χ3n) is 12.2. The molecule has 1 aromatic carbocycles. The maximum absolute atomic E-state index is 11.9. The van der Waals surface area contributed by atoms with Crippen molar-refractivity contribution in [2.24, 2.45) is 52.3 Å². The lowest BCUT2D eigenvalue weighted by Gasteiger charge is -2.64. The first-order chi connectivity index (χ1) is 16.7. The summed E-state index contributed by atoms with van der Waals surface area (Å²) in [5.41, 5.74) is 3.38. The molecule has 1 aromatic rings. The second kappa shape index (κ2) is 9.64.